The van der Waals surface area contributed by atoms with Crippen LogP contribution in [0.15, 0.2) is 52.0 Å². The molecule has 156 valence electrons. The van der Waals surface area contributed by atoms with E-state index in [0.29, 0.717) is 46.4 Å². The molecule has 1 heterocycles. The highest BCUT2D eigenvalue weighted by Crippen LogP contribution is 2.29. The monoisotopic (exact) mass is 510 g/mol. The summed E-state index contributed by atoms with van der Waals surface area (Å²) in [4.78, 5) is 7.37. The molecular weight excluding hydrogens is 495 g/mol. The number of benzene rings is 2. The third kappa shape index (κ3) is 5.26. The highest BCUT2D eigenvalue weighted by molar-refractivity contribution is 9.10. The SMILES string of the molecule is N#CCCCCNS(=O)(=O)c1cc(-c2nc(-c3ccc(Br)c(F)c3)c[nH]2)ccc1Cl. The Hall–Kier alpha value is -2.25. The van der Waals surface area contributed by atoms with Crippen molar-refractivity contribution in [2.75, 3.05) is 6.54 Å². The highest BCUT2D eigenvalue weighted by Gasteiger charge is 2.19. The van der Waals surface area contributed by atoms with E-state index in [1.54, 1.807) is 24.4 Å². The second kappa shape index (κ2) is 9.71. The van der Waals surface area contributed by atoms with Crippen molar-refractivity contribution in [2.45, 2.75) is 24.2 Å². The van der Waals surface area contributed by atoms with Crippen LogP contribution >= 0.6 is 27.5 Å². The molecule has 2 N–H and O–H groups in total. The van der Waals surface area contributed by atoms with E-state index >= 15 is 0 Å². The average Bonchev–Trinajstić information content (AvgIpc) is 3.20. The maximum atomic E-state index is 13.8. The second-order valence-corrected chi connectivity index (χ2v) is 9.42. The number of nitrogens with one attached hydrogen (secondary N) is 2. The van der Waals surface area contributed by atoms with Gasteiger partial charge in [-0.2, -0.15) is 5.26 Å². The maximum Gasteiger partial charge on any atom is 0.242 e. The van der Waals surface area contributed by atoms with Crippen LogP contribution in [-0.2, 0) is 10.0 Å². The lowest BCUT2D eigenvalue weighted by Gasteiger charge is -2.09. The first-order valence-corrected chi connectivity index (χ1v) is 11.6. The molecule has 2 aromatic carbocycles. The molecule has 0 aliphatic carbocycles. The van der Waals surface area contributed by atoms with Gasteiger partial charge < -0.3 is 4.98 Å². The van der Waals surface area contributed by atoms with E-state index in [0.717, 1.165) is 0 Å². The molecule has 6 nitrogen and oxygen atoms in total. The summed E-state index contributed by atoms with van der Waals surface area (Å²) in [5.74, 6) is 0.0215. The molecule has 0 spiro atoms. The van der Waals surface area contributed by atoms with Crippen LogP contribution in [0.25, 0.3) is 22.6 Å². The Bertz CT molecular complexity index is 1210. The van der Waals surface area contributed by atoms with Gasteiger partial charge in [-0.1, -0.05) is 17.7 Å². The van der Waals surface area contributed by atoms with Crippen molar-refractivity contribution in [3.63, 3.8) is 0 Å². The zero-order chi connectivity index (χ0) is 21.7. The maximum absolute atomic E-state index is 13.8. The van der Waals surface area contributed by atoms with E-state index in [-0.39, 0.29) is 16.5 Å². The van der Waals surface area contributed by atoms with Gasteiger partial charge in [0.1, 0.15) is 16.5 Å². The minimum absolute atomic E-state index is 0.0606. The lowest BCUT2D eigenvalue weighted by molar-refractivity contribution is 0.577. The summed E-state index contributed by atoms with van der Waals surface area (Å²) in [7, 11) is -3.83. The smallest absolute Gasteiger partial charge is 0.242 e. The Morgan fingerprint density at radius 2 is 1.97 bits per heavy atom. The van der Waals surface area contributed by atoms with Crippen molar-refractivity contribution in [3.8, 4) is 28.7 Å². The fraction of sp³-hybridized carbons (Fsp3) is 0.200. The van der Waals surface area contributed by atoms with Crippen LogP contribution in [0.4, 0.5) is 4.39 Å². The standard InChI is InChI=1S/C20H17BrClFN4O2S/c21-15-6-4-13(10-17(15)23)18-12-25-20(27-18)14-5-7-16(22)19(11-14)30(28,29)26-9-3-1-2-8-24/h4-7,10-12,26H,1-3,9H2,(H,25,27). The van der Waals surface area contributed by atoms with Crippen LogP contribution in [0, 0.1) is 17.1 Å². The molecule has 0 saturated heterocycles. The molecule has 0 unspecified atom stereocenters. The first-order chi connectivity index (χ1) is 14.3. The van der Waals surface area contributed by atoms with Gasteiger partial charge in [0, 0.05) is 30.3 Å². The van der Waals surface area contributed by atoms with Crippen LogP contribution < -0.4 is 4.72 Å². The number of H-pyrrole nitrogens is 1. The van der Waals surface area contributed by atoms with Crippen LogP contribution in [0.5, 0.6) is 0 Å². The molecule has 0 fully saturated rings. The second-order valence-electron chi connectivity index (χ2n) is 6.42. The quantitative estimate of drug-likeness (QED) is 0.402. The van der Waals surface area contributed by atoms with E-state index in [1.165, 1.54) is 18.2 Å². The highest BCUT2D eigenvalue weighted by atomic mass is 79.9. The van der Waals surface area contributed by atoms with Crippen molar-refractivity contribution in [2.24, 2.45) is 0 Å². The van der Waals surface area contributed by atoms with Gasteiger partial charge in [0.25, 0.3) is 0 Å². The molecule has 3 aromatic rings. The van der Waals surface area contributed by atoms with Crippen molar-refractivity contribution < 1.29 is 12.8 Å². The number of halogens is 3. The molecule has 0 saturated carbocycles. The van der Waals surface area contributed by atoms with Crippen molar-refractivity contribution in [1.82, 2.24) is 14.7 Å². The topological polar surface area (TPSA) is 98.6 Å². The van der Waals surface area contributed by atoms with Gasteiger partial charge in [-0.25, -0.2) is 22.5 Å². The van der Waals surface area contributed by atoms with E-state index in [4.69, 9.17) is 16.9 Å². The third-order valence-corrected chi connectivity index (χ3v) is 6.88. The first kappa shape index (κ1) is 22.4. The molecule has 10 heteroatoms. The molecule has 3 rings (SSSR count). The lowest BCUT2D eigenvalue weighted by Crippen LogP contribution is -2.25. The predicted octanol–water partition coefficient (Wildman–Crippen LogP) is 5.27. The Kier molecular flexibility index (Phi) is 7.26. The molecule has 0 aliphatic heterocycles. The van der Waals surface area contributed by atoms with Gasteiger partial charge in [-0.05, 0) is 59.1 Å². The van der Waals surface area contributed by atoms with Crippen LogP contribution in [-0.4, -0.2) is 24.9 Å². The molecule has 0 amide bonds. The summed E-state index contributed by atoms with van der Waals surface area (Å²) in [6.07, 6.45) is 3.16. The average molecular weight is 512 g/mol. The largest absolute Gasteiger partial charge is 0.344 e. The Labute approximate surface area is 187 Å². The van der Waals surface area contributed by atoms with Gasteiger partial charge in [0.05, 0.1) is 21.3 Å². The van der Waals surface area contributed by atoms with Gasteiger partial charge in [-0.15, -0.1) is 0 Å². The molecule has 0 aliphatic rings. The van der Waals surface area contributed by atoms with Gasteiger partial charge in [-0.3, -0.25) is 0 Å². The van der Waals surface area contributed by atoms with E-state index in [2.05, 4.69) is 30.6 Å². The number of rotatable bonds is 8. The summed E-state index contributed by atoms with van der Waals surface area (Å²) < 4.78 is 41.9. The molecule has 1 aromatic heterocycles. The Balaban J connectivity index is 1.84. The number of aromatic amines is 1. The van der Waals surface area contributed by atoms with E-state index in [9.17, 15) is 12.8 Å². The fourth-order valence-electron chi connectivity index (χ4n) is 2.74. The number of aromatic nitrogens is 2. The number of unbranched alkanes of at least 4 members (excludes halogenated alkanes) is 2. The Morgan fingerprint density at radius 3 is 2.70 bits per heavy atom. The van der Waals surface area contributed by atoms with Crippen LogP contribution in [0.2, 0.25) is 5.02 Å². The van der Waals surface area contributed by atoms with Crippen molar-refractivity contribution >= 4 is 37.6 Å². The minimum atomic E-state index is -3.83. The summed E-state index contributed by atoms with van der Waals surface area (Å²) >= 11 is 9.24. The Morgan fingerprint density at radius 1 is 1.20 bits per heavy atom. The van der Waals surface area contributed by atoms with E-state index in [1.807, 2.05) is 6.07 Å². The molecule has 30 heavy (non-hydrogen) atoms. The molecule has 0 atom stereocenters. The lowest BCUT2D eigenvalue weighted by atomic mass is 10.2. The number of sulfonamides is 1. The molecule has 0 bridgehead atoms. The summed E-state index contributed by atoms with van der Waals surface area (Å²) in [6, 6.07) is 11.3. The summed E-state index contributed by atoms with van der Waals surface area (Å²) in [6.45, 7) is 0.213. The number of imidazole rings is 1. The molecule has 0 radical (unpaired) electrons. The predicted molar refractivity (Wildman–Crippen MR) is 117 cm³/mol. The third-order valence-electron chi connectivity index (χ3n) is 4.29. The minimum Gasteiger partial charge on any atom is -0.344 e. The van der Waals surface area contributed by atoms with Crippen LogP contribution in [0.1, 0.15) is 19.3 Å². The van der Waals surface area contributed by atoms with Crippen LogP contribution in [0.3, 0.4) is 0 Å². The van der Waals surface area contributed by atoms with Gasteiger partial charge >= 0.3 is 0 Å². The first-order valence-electron chi connectivity index (χ1n) is 8.99. The zero-order valence-electron chi connectivity index (χ0n) is 15.6. The molecular formula is C20H17BrClFN4O2S. The zero-order valence-corrected chi connectivity index (χ0v) is 18.8. The van der Waals surface area contributed by atoms with E-state index < -0.39 is 15.8 Å². The summed E-state index contributed by atoms with van der Waals surface area (Å²) in [5, 5.41) is 8.63. The number of nitriles is 1. The number of hydrogen-bond donors (Lipinski definition) is 2. The van der Waals surface area contributed by atoms with Gasteiger partial charge in [0.2, 0.25) is 10.0 Å². The summed E-state index contributed by atoms with van der Waals surface area (Å²) in [5.41, 5.74) is 1.62. The van der Waals surface area contributed by atoms with Crippen molar-refractivity contribution in [1.29, 1.82) is 5.26 Å². The normalized spacial score (nSPS) is 11.4. The van der Waals surface area contributed by atoms with Crippen molar-refractivity contribution in [3.05, 3.63) is 57.9 Å². The number of hydrogen-bond acceptors (Lipinski definition) is 4. The van der Waals surface area contributed by atoms with Gasteiger partial charge in [0.15, 0.2) is 0 Å². The number of nitrogens with zero attached hydrogens (tertiary/aromatic N) is 2. The fourth-order valence-corrected chi connectivity index (χ4v) is 4.59.